The normalized spacial score (nSPS) is 12.6. The lowest BCUT2D eigenvalue weighted by molar-refractivity contribution is -0.121. The molecule has 2 rings (SSSR count). The number of pyridine rings is 1. The number of hydrogen-bond donors (Lipinski definition) is 2. The molecule has 1 aromatic carbocycles. The molecule has 152 valence electrons. The molecule has 0 aliphatic heterocycles. The number of nitrogens with one attached hydrogen (secondary N) is 1. The number of nitrogens with zero attached hydrogens (tertiary/aromatic N) is 2. The van der Waals surface area contributed by atoms with Crippen LogP contribution >= 0.6 is 23.2 Å². The summed E-state index contributed by atoms with van der Waals surface area (Å²) in [5, 5.41) is 12.9. The minimum absolute atomic E-state index is 0.0165. The van der Waals surface area contributed by atoms with Gasteiger partial charge in [0.05, 0.1) is 11.6 Å². The molecule has 0 fully saturated rings. The van der Waals surface area contributed by atoms with E-state index in [4.69, 9.17) is 27.9 Å². The van der Waals surface area contributed by atoms with Crippen LogP contribution in [0.3, 0.4) is 0 Å². The summed E-state index contributed by atoms with van der Waals surface area (Å²) in [5.41, 5.74) is 0. The average molecular weight is 448 g/mol. The van der Waals surface area contributed by atoms with Crippen molar-refractivity contribution in [3.05, 3.63) is 52.8 Å². The van der Waals surface area contributed by atoms with Crippen LogP contribution in [0.1, 0.15) is 0 Å². The molecule has 0 aliphatic carbocycles. The molecule has 1 amide bonds. The number of aromatic nitrogens is 1. The van der Waals surface area contributed by atoms with Gasteiger partial charge in [0, 0.05) is 26.0 Å². The number of halogens is 2. The average Bonchev–Trinajstić information content (AvgIpc) is 2.68. The van der Waals surface area contributed by atoms with Crippen molar-refractivity contribution in [2.45, 2.75) is 11.0 Å². The van der Waals surface area contributed by atoms with Crippen molar-refractivity contribution in [3.8, 4) is 5.75 Å². The zero-order chi connectivity index (χ0) is 20.7. The third-order valence-electron chi connectivity index (χ3n) is 3.59. The van der Waals surface area contributed by atoms with Crippen LogP contribution in [-0.2, 0) is 14.8 Å². The van der Waals surface area contributed by atoms with Crippen molar-refractivity contribution in [3.63, 3.8) is 0 Å². The summed E-state index contributed by atoms with van der Waals surface area (Å²) in [6.07, 6.45) is 1.62. The second-order valence-electron chi connectivity index (χ2n) is 5.77. The highest BCUT2D eigenvalue weighted by Crippen LogP contribution is 2.31. The van der Waals surface area contributed by atoms with E-state index in [0.717, 1.165) is 4.31 Å². The molecule has 0 saturated heterocycles. The molecule has 8 nitrogen and oxygen atoms in total. The van der Waals surface area contributed by atoms with Gasteiger partial charge in [-0.3, -0.25) is 9.78 Å². The van der Waals surface area contributed by atoms with Crippen molar-refractivity contribution >= 4 is 39.1 Å². The highest BCUT2D eigenvalue weighted by molar-refractivity contribution is 7.89. The molecule has 1 unspecified atom stereocenters. The summed E-state index contributed by atoms with van der Waals surface area (Å²) in [6, 6.07) is 7.72. The van der Waals surface area contributed by atoms with Gasteiger partial charge in [-0.2, -0.15) is 4.31 Å². The predicted octanol–water partition coefficient (Wildman–Crippen LogP) is 1.57. The van der Waals surface area contributed by atoms with E-state index in [2.05, 4.69) is 10.3 Å². The Morgan fingerprint density at radius 1 is 1.32 bits per heavy atom. The fourth-order valence-corrected chi connectivity index (χ4v) is 3.53. The van der Waals surface area contributed by atoms with Crippen LogP contribution in [0.25, 0.3) is 0 Å². The molecular formula is C17H19Cl2N3O5S. The zero-order valence-electron chi connectivity index (χ0n) is 14.9. The van der Waals surface area contributed by atoms with E-state index in [-0.39, 0.29) is 23.1 Å². The molecule has 0 aliphatic rings. The first-order chi connectivity index (χ1) is 13.2. The zero-order valence-corrected chi connectivity index (χ0v) is 17.2. The van der Waals surface area contributed by atoms with Crippen LogP contribution in [0.4, 0.5) is 0 Å². The maximum atomic E-state index is 12.3. The number of carbonyl (C=O) groups excluding carboxylic acids is 1. The number of likely N-dealkylation sites (N-methyl/N-ethyl adjacent to an activating group) is 1. The van der Waals surface area contributed by atoms with Gasteiger partial charge >= 0.3 is 0 Å². The van der Waals surface area contributed by atoms with E-state index in [0.29, 0.717) is 10.8 Å². The van der Waals surface area contributed by atoms with Crippen LogP contribution in [0, 0.1) is 0 Å². The Hall–Kier alpha value is -1.91. The SMILES string of the molecule is CN(CC(=O)NCC(O)COc1cccc(Cl)c1Cl)S(=O)(=O)c1cccnc1. The lowest BCUT2D eigenvalue weighted by Crippen LogP contribution is -2.42. The van der Waals surface area contributed by atoms with E-state index in [1.54, 1.807) is 18.2 Å². The number of rotatable bonds is 9. The second-order valence-corrected chi connectivity index (χ2v) is 8.60. The number of sulfonamides is 1. The maximum Gasteiger partial charge on any atom is 0.244 e. The van der Waals surface area contributed by atoms with Crippen LogP contribution in [0.15, 0.2) is 47.6 Å². The van der Waals surface area contributed by atoms with Crippen molar-refractivity contribution in [2.24, 2.45) is 0 Å². The molecule has 2 aromatic rings. The first-order valence-corrected chi connectivity index (χ1v) is 10.3. The van der Waals surface area contributed by atoms with Gasteiger partial charge in [-0.25, -0.2) is 8.42 Å². The fraction of sp³-hybridized carbons (Fsp3) is 0.294. The number of hydrogen-bond acceptors (Lipinski definition) is 6. The fourth-order valence-electron chi connectivity index (χ4n) is 2.09. The highest BCUT2D eigenvalue weighted by atomic mass is 35.5. The van der Waals surface area contributed by atoms with Crippen molar-refractivity contribution in [2.75, 3.05) is 26.7 Å². The molecule has 11 heteroatoms. The van der Waals surface area contributed by atoms with Crippen LogP contribution in [0.2, 0.25) is 10.0 Å². The van der Waals surface area contributed by atoms with Crippen LogP contribution < -0.4 is 10.1 Å². The summed E-state index contributed by atoms with van der Waals surface area (Å²) < 4.78 is 30.9. The van der Waals surface area contributed by atoms with Crippen molar-refractivity contribution in [1.29, 1.82) is 0 Å². The van der Waals surface area contributed by atoms with E-state index in [9.17, 15) is 18.3 Å². The summed E-state index contributed by atoms with van der Waals surface area (Å²) in [4.78, 5) is 15.7. The van der Waals surface area contributed by atoms with Crippen molar-refractivity contribution < 1.29 is 23.1 Å². The molecule has 0 saturated carbocycles. The van der Waals surface area contributed by atoms with Gasteiger partial charge in [0.2, 0.25) is 15.9 Å². The van der Waals surface area contributed by atoms with Gasteiger partial charge < -0.3 is 15.2 Å². The summed E-state index contributed by atoms with van der Waals surface area (Å²) in [5.74, 6) is -0.267. The van der Waals surface area contributed by atoms with Crippen molar-refractivity contribution in [1.82, 2.24) is 14.6 Å². The Morgan fingerprint density at radius 2 is 2.07 bits per heavy atom. The number of benzene rings is 1. The maximum absolute atomic E-state index is 12.3. The predicted molar refractivity (Wildman–Crippen MR) is 105 cm³/mol. The third-order valence-corrected chi connectivity index (χ3v) is 6.18. The second kappa shape index (κ2) is 10.0. The van der Waals surface area contributed by atoms with Gasteiger partial charge in [-0.05, 0) is 24.3 Å². The highest BCUT2D eigenvalue weighted by Gasteiger charge is 2.23. The lowest BCUT2D eigenvalue weighted by Gasteiger charge is -2.18. The van der Waals surface area contributed by atoms with Gasteiger partial charge in [-0.1, -0.05) is 29.3 Å². The Balaban J connectivity index is 1.81. The molecule has 1 aromatic heterocycles. The number of carbonyl (C=O) groups is 1. The number of aliphatic hydroxyl groups excluding tert-OH is 1. The molecule has 0 bridgehead atoms. The van der Waals surface area contributed by atoms with E-state index >= 15 is 0 Å². The molecular weight excluding hydrogens is 429 g/mol. The molecule has 0 radical (unpaired) electrons. The first-order valence-electron chi connectivity index (χ1n) is 8.09. The number of aliphatic hydroxyl groups is 1. The van der Waals surface area contributed by atoms with E-state index in [1.807, 2.05) is 0 Å². The molecule has 1 atom stereocenters. The Kier molecular flexibility index (Phi) is 8.02. The third kappa shape index (κ3) is 6.05. The summed E-state index contributed by atoms with van der Waals surface area (Å²) >= 11 is 11.9. The first kappa shape index (κ1) is 22.4. The summed E-state index contributed by atoms with van der Waals surface area (Å²) in [7, 11) is -2.55. The smallest absolute Gasteiger partial charge is 0.244 e. The standard InChI is InChI=1S/C17H19Cl2N3O5S/c1-22(28(25,26)13-4-3-7-20-9-13)10-16(24)21-8-12(23)11-27-15-6-2-5-14(18)17(15)19/h2-7,9,12,23H,8,10-11H2,1H3,(H,21,24). The largest absolute Gasteiger partial charge is 0.489 e. The molecule has 1 heterocycles. The van der Waals surface area contributed by atoms with Crippen LogP contribution in [-0.4, -0.2) is 61.6 Å². The number of ether oxygens (including phenoxy) is 1. The van der Waals surface area contributed by atoms with E-state index < -0.39 is 28.6 Å². The number of amides is 1. The minimum Gasteiger partial charge on any atom is -0.489 e. The van der Waals surface area contributed by atoms with Gasteiger partial charge in [0.25, 0.3) is 0 Å². The van der Waals surface area contributed by atoms with E-state index in [1.165, 1.54) is 31.6 Å². The molecule has 0 spiro atoms. The van der Waals surface area contributed by atoms with Gasteiger partial charge in [0.15, 0.2) is 0 Å². The minimum atomic E-state index is -3.83. The Bertz CT molecular complexity index is 912. The lowest BCUT2D eigenvalue weighted by atomic mass is 10.3. The van der Waals surface area contributed by atoms with Gasteiger partial charge in [0.1, 0.15) is 28.4 Å². The quantitative estimate of drug-likeness (QED) is 0.603. The Labute approximate surface area is 173 Å². The monoisotopic (exact) mass is 447 g/mol. The van der Waals surface area contributed by atoms with Crippen LogP contribution in [0.5, 0.6) is 5.75 Å². The topological polar surface area (TPSA) is 109 Å². The Morgan fingerprint density at radius 3 is 2.75 bits per heavy atom. The summed E-state index contributed by atoms with van der Waals surface area (Å²) in [6.45, 7) is -0.674. The molecule has 28 heavy (non-hydrogen) atoms. The van der Waals surface area contributed by atoms with Gasteiger partial charge in [-0.15, -0.1) is 0 Å². The molecule has 2 N–H and O–H groups in total.